The van der Waals surface area contributed by atoms with Crippen molar-refractivity contribution in [3.05, 3.63) is 100 Å². The van der Waals surface area contributed by atoms with E-state index in [1.807, 2.05) is 6.07 Å². The molecule has 0 bridgehead atoms. The topological polar surface area (TPSA) is 57.6 Å². The van der Waals surface area contributed by atoms with Crippen LogP contribution in [0.2, 0.25) is 5.02 Å². The predicted molar refractivity (Wildman–Crippen MR) is 108 cm³/mol. The zero-order chi connectivity index (χ0) is 20.6. The highest BCUT2D eigenvalue weighted by atomic mass is 35.5. The van der Waals surface area contributed by atoms with Gasteiger partial charge in [0.25, 0.3) is 5.91 Å². The number of hydrogen-bond acceptors (Lipinski definition) is 3. The number of aliphatic hydroxyl groups is 1. The number of rotatable bonds is 5. The molecule has 0 aliphatic carbocycles. The fourth-order valence-electron chi connectivity index (χ4n) is 3.62. The molecule has 0 aromatic heterocycles. The van der Waals surface area contributed by atoms with Crippen LogP contribution >= 0.6 is 11.6 Å². The van der Waals surface area contributed by atoms with Crippen LogP contribution in [0.4, 0.5) is 10.1 Å². The molecule has 1 N–H and O–H groups in total. The molecule has 29 heavy (non-hydrogen) atoms. The second-order valence-corrected chi connectivity index (χ2v) is 7.44. The molecule has 6 heteroatoms. The fraction of sp³-hybridized carbons (Fsp3) is 0.130. The third-order valence-corrected chi connectivity index (χ3v) is 5.29. The van der Waals surface area contributed by atoms with Crippen LogP contribution in [0.3, 0.4) is 0 Å². The molecule has 3 aromatic rings. The average Bonchev–Trinajstić information content (AvgIpc) is 2.91. The summed E-state index contributed by atoms with van der Waals surface area (Å²) in [6.45, 7) is 0.212. The molecule has 1 atom stereocenters. The van der Waals surface area contributed by atoms with Crippen molar-refractivity contribution in [3.8, 4) is 0 Å². The Bertz CT molecular complexity index is 1100. The standard InChI is InChI=1S/C23H17ClFNO3/c24-17-5-3-4-15(12-17)14-26-20-7-2-1-6-19(20)23(29,22(26)28)13-21(27)16-8-10-18(25)11-9-16/h1-12,29H,13-14H2. The molecule has 1 unspecified atom stereocenters. The molecule has 1 aliphatic rings. The monoisotopic (exact) mass is 409 g/mol. The molecule has 0 fully saturated rings. The number of nitrogens with zero attached hydrogens (tertiary/aromatic N) is 1. The number of carbonyl (C=O) groups excluding carboxylic acids is 2. The maximum atomic E-state index is 13.2. The summed E-state index contributed by atoms with van der Waals surface area (Å²) in [6, 6.07) is 19.0. The van der Waals surface area contributed by atoms with Crippen molar-refractivity contribution < 1.29 is 19.1 Å². The molecule has 1 aliphatic heterocycles. The second-order valence-electron chi connectivity index (χ2n) is 7.01. The van der Waals surface area contributed by atoms with E-state index in [2.05, 4.69) is 0 Å². The van der Waals surface area contributed by atoms with Crippen molar-refractivity contribution in [2.75, 3.05) is 4.90 Å². The van der Waals surface area contributed by atoms with Gasteiger partial charge in [0.1, 0.15) is 5.82 Å². The van der Waals surface area contributed by atoms with E-state index in [1.54, 1.807) is 42.5 Å². The highest BCUT2D eigenvalue weighted by molar-refractivity contribution is 6.30. The van der Waals surface area contributed by atoms with Gasteiger partial charge in [0.2, 0.25) is 0 Å². The molecular weight excluding hydrogens is 393 g/mol. The fourth-order valence-corrected chi connectivity index (χ4v) is 3.84. The Kier molecular flexibility index (Phi) is 4.94. The number of amides is 1. The van der Waals surface area contributed by atoms with Crippen LogP contribution in [-0.4, -0.2) is 16.8 Å². The average molecular weight is 410 g/mol. The van der Waals surface area contributed by atoms with Gasteiger partial charge in [-0.05, 0) is 48.0 Å². The van der Waals surface area contributed by atoms with Gasteiger partial charge in [0.05, 0.1) is 18.7 Å². The maximum absolute atomic E-state index is 13.2. The first-order chi connectivity index (χ1) is 13.9. The Labute approximate surface area is 172 Å². The van der Waals surface area contributed by atoms with E-state index >= 15 is 0 Å². The number of benzene rings is 3. The summed E-state index contributed by atoms with van der Waals surface area (Å²) >= 11 is 6.05. The summed E-state index contributed by atoms with van der Waals surface area (Å²) < 4.78 is 13.1. The quantitative estimate of drug-likeness (QED) is 0.632. The van der Waals surface area contributed by atoms with Crippen molar-refractivity contribution in [2.24, 2.45) is 0 Å². The summed E-state index contributed by atoms with van der Waals surface area (Å²) in [4.78, 5) is 27.4. The maximum Gasteiger partial charge on any atom is 0.264 e. The molecule has 0 radical (unpaired) electrons. The first-order valence-corrected chi connectivity index (χ1v) is 9.43. The first-order valence-electron chi connectivity index (χ1n) is 9.05. The lowest BCUT2D eigenvalue weighted by Crippen LogP contribution is -2.41. The Balaban J connectivity index is 1.67. The van der Waals surface area contributed by atoms with E-state index < -0.39 is 29.5 Å². The van der Waals surface area contributed by atoms with Crippen LogP contribution in [-0.2, 0) is 16.9 Å². The molecule has 1 heterocycles. The zero-order valence-electron chi connectivity index (χ0n) is 15.3. The molecule has 0 saturated heterocycles. The molecule has 1 amide bonds. The molecule has 4 nitrogen and oxygen atoms in total. The third-order valence-electron chi connectivity index (χ3n) is 5.05. The van der Waals surface area contributed by atoms with Crippen molar-refractivity contribution in [1.29, 1.82) is 0 Å². The van der Waals surface area contributed by atoms with Crippen molar-refractivity contribution in [2.45, 2.75) is 18.6 Å². The third kappa shape index (κ3) is 3.55. The molecular formula is C23H17ClFNO3. The predicted octanol–water partition coefficient (Wildman–Crippen LogP) is 4.49. The van der Waals surface area contributed by atoms with E-state index in [4.69, 9.17) is 11.6 Å². The number of hydrogen-bond donors (Lipinski definition) is 1. The van der Waals surface area contributed by atoms with E-state index in [9.17, 15) is 19.1 Å². The summed E-state index contributed by atoms with van der Waals surface area (Å²) in [5.41, 5.74) is -0.0248. The lowest BCUT2D eigenvalue weighted by molar-refractivity contribution is -0.136. The smallest absolute Gasteiger partial charge is 0.264 e. The largest absolute Gasteiger partial charge is 0.375 e. The van der Waals surface area contributed by atoms with Gasteiger partial charge in [-0.3, -0.25) is 9.59 Å². The summed E-state index contributed by atoms with van der Waals surface area (Å²) in [5, 5.41) is 11.8. The van der Waals surface area contributed by atoms with Crippen LogP contribution in [0.25, 0.3) is 0 Å². The second kappa shape index (κ2) is 7.43. The lowest BCUT2D eigenvalue weighted by Gasteiger charge is -2.23. The van der Waals surface area contributed by atoms with Crippen LogP contribution < -0.4 is 4.90 Å². The number of carbonyl (C=O) groups is 2. The van der Waals surface area contributed by atoms with Gasteiger partial charge in [0, 0.05) is 16.1 Å². The SMILES string of the molecule is O=C(CC1(O)C(=O)N(Cc2cccc(Cl)c2)c2ccccc21)c1ccc(F)cc1. The van der Waals surface area contributed by atoms with Gasteiger partial charge in [-0.25, -0.2) is 4.39 Å². The first kappa shape index (κ1) is 19.3. The molecule has 3 aromatic carbocycles. The normalized spacial score (nSPS) is 18.0. The van der Waals surface area contributed by atoms with Crippen LogP contribution in [0, 0.1) is 5.82 Å². The van der Waals surface area contributed by atoms with E-state index in [1.165, 1.54) is 29.2 Å². The van der Waals surface area contributed by atoms with Crippen LogP contribution in [0.1, 0.15) is 27.9 Å². The Morgan fingerprint density at radius 3 is 2.48 bits per heavy atom. The van der Waals surface area contributed by atoms with Gasteiger partial charge in [0.15, 0.2) is 11.4 Å². The van der Waals surface area contributed by atoms with Gasteiger partial charge >= 0.3 is 0 Å². The van der Waals surface area contributed by atoms with E-state index in [0.29, 0.717) is 16.3 Å². The minimum Gasteiger partial charge on any atom is -0.375 e. The number of ketones is 1. The van der Waals surface area contributed by atoms with E-state index in [-0.39, 0.29) is 12.1 Å². The van der Waals surface area contributed by atoms with E-state index in [0.717, 1.165) is 5.56 Å². The molecule has 0 spiro atoms. The number of Topliss-reactive ketones (excluding diaryl/α,β-unsaturated/α-hetero) is 1. The van der Waals surface area contributed by atoms with Crippen molar-refractivity contribution in [3.63, 3.8) is 0 Å². The number of fused-ring (bicyclic) bond motifs is 1. The van der Waals surface area contributed by atoms with Crippen molar-refractivity contribution in [1.82, 2.24) is 0 Å². The summed E-state index contributed by atoms with van der Waals surface area (Å²) in [5.74, 6) is -1.48. The van der Waals surface area contributed by atoms with Crippen LogP contribution in [0.15, 0.2) is 72.8 Å². The van der Waals surface area contributed by atoms with Gasteiger partial charge in [-0.2, -0.15) is 0 Å². The highest BCUT2D eigenvalue weighted by Gasteiger charge is 2.50. The molecule has 4 rings (SSSR count). The lowest BCUT2D eigenvalue weighted by atomic mass is 9.88. The Morgan fingerprint density at radius 2 is 1.76 bits per heavy atom. The minimum absolute atomic E-state index is 0.212. The number of para-hydroxylation sites is 1. The van der Waals surface area contributed by atoms with Gasteiger partial charge in [-0.1, -0.05) is 41.9 Å². The number of anilines is 1. The van der Waals surface area contributed by atoms with Crippen molar-refractivity contribution >= 4 is 29.0 Å². The Hall–Kier alpha value is -3.02. The Morgan fingerprint density at radius 1 is 1.03 bits per heavy atom. The highest BCUT2D eigenvalue weighted by Crippen LogP contribution is 2.43. The molecule has 146 valence electrons. The molecule has 0 saturated carbocycles. The summed E-state index contributed by atoms with van der Waals surface area (Å²) in [6.07, 6.45) is -0.430. The van der Waals surface area contributed by atoms with Crippen LogP contribution in [0.5, 0.6) is 0 Å². The summed E-state index contributed by atoms with van der Waals surface area (Å²) in [7, 11) is 0. The zero-order valence-corrected chi connectivity index (χ0v) is 16.1. The van der Waals surface area contributed by atoms with Gasteiger partial charge in [-0.15, -0.1) is 0 Å². The van der Waals surface area contributed by atoms with Gasteiger partial charge < -0.3 is 10.0 Å². The minimum atomic E-state index is -1.99. The number of halogens is 2.